The van der Waals surface area contributed by atoms with Crippen LogP contribution in [0.5, 0.6) is 11.5 Å². The smallest absolute Gasteiger partial charge is 0.338 e. The van der Waals surface area contributed by atoms with Crippen LogP contribution in [-0.2, 0) is 16.0 Å². The highest BCUT2D eigenvalue weighted by molar-refractivity contribution is 6.32. The van der Waals surface area contributed by atoms with Gasteiger partial charge in [-0.2, -0.15) is 0 Å². The molecule has 0 atom stereocenters. The Labute approximate surface area is 240 Å². The minimum atomic E-state index is -1.04. The molecule has 0 unspecified atom stereocenters. The number of benzene rings is 3. The monoisotopic (exact) mass is 572 g/mol. The van der Waals surface area contributed by atoms with Gasteiger partial charge in [0.1, 0.15) is 29.9 Å². The molecule has 0 aliphatic rings. The molecule has 0 spiro atoms. The van der Waals surface area contributed by atoms with Crippen molar-refractivity contribution in [2.75, 3.05) is 25.1 Å². The Hall–Kier alpha value is -4.93. The molecule has 0 fully saturated rings. The Morgan fingerprint density at radius 1 is 0.902 bits per heavy atom. The minimum Gasteiger partial charge on any atom is -0.478 e. The van der Waals surface area contributed by atoms with Gasteiger partial charge in [0.25, 0.3) is 0 Å². The molecule has 3 aromatic carbocycles. The van der Waals surface area contributed by atoms with Crippen LogP contribution in [0.25, 0.3) is 11.0 Å². The Morgan fingerprint density at radius 2 is 1.73 bits per heavy atom. The van der Waals surface area contributed by atoms with Crippen LogP contribution in [0, 0.1) is 0 Å². The van der Waals surface area contributed by atoms with Crippen molar-refractivity contribution >= 4 is 46.1 Å². The Bertz CT molecular complexity index is 1670. The maximum Gasteiger partial charge on any atom is 0.338 e. The summed E-state index contributed by atoms with van der Waals surface area (Å²) in [7, 11) is 0. The molecule has 0 amide bonds. The number of nitrogens with zero attached hydrogens (tertiary/aromatic N) is 3. The van der Waals surface area contributed by atoms with Crippen LogP contribution in [0.15, 0.2) is 91.4 Å². The number of nitrogens with one attached hydrogen (secondary N) is 1. The van der Waals surface area contributed by atoms with Gasteiger partial charge in [-0.1, -0.05) is 35.9 Å². The molecule has 0 aliphatic carbocycles. The van der Waals surface area contributed by atoms with Gasteiger partial charge in [0.15, 0.2) is 5.82 Å². The van der Waals surface area contributed by atoms with E-state index in [0.29, 0.717) is 46.7 Å². The van der Waals surface area contributed by atoms with Crippen LogP contribution in [-0.4, -0.2) is 51.4 Å². The summed E-state index contributed by atoms with van der Waals surface area (Å²) >= 11 is 6.47. The molecule has 2 aromatic heterocycles. The van der Waals surface area contributed by atoms with Gasteiger partial charge < -0.3 is 29.2 Å². The van der Waals surface area contributed by atoms with Crippen molar-refractivity contribution in [1.29, 1.82) is 0 Å². The van der Waals surface area contributed by atoms with E-state index in [4.69, 9.17) is 25.8 Å². The van der Waals surface area contributed by atoms with Crippen LogP contribution < -0.4 is 10.1 Å². The summed E-state index contributed by atoms with van der Waals surface area (Å²) in [5.41, 5.74) is 2.83. The molecule has 5 rings (SSSR count). The van der Waals surface area contributed by atoms with Crippen molar-refractivity contribution in [3.63, 3.8) is 0 Å². The first-order valence-corrected chi connectivity index (χ1v) is 13.0. The molecule has 0 saturated heterocycles. The van der Waals surface area contributed by atoms with Crippen molar-refractivity contribution < 1.29 is 28.9 Å². The summed E-state index contributed by atoms with van der Waals surface area (Å²) in [5, 5.41) is 12.8. The number of hydrogen-bond donors (Lipinski definition) is 2. The van der Waals surface area contributed by atoms with Crippen LogP contribution in [0.1, 0.15) is 20.7 Å². The molecular weight excluding hydrogens is 548 g/mol. The van der Waals surface area contributed by atoms with E-state index in [1.54, 1.807) is 54.6 Å². The van der Waals surface area contributed by atoms with E-state index in [1.165, 1.54) is 18.5 Å². The number of esters is 1. The minimum absolute atomic E-state index is 0.115. The van der Waals surface area contributed by atoms with Gasteiger partial charge in [0.05, 0.1) is 34.9 Å². The zero-order valence-electron chi connectivity index (χ0n) is 21.7. The third-order valence-electron chi connectivity index (χ3n) is 6.00. The summed E-state index contributed by atoms with van der Waals surface area (Å²) < 4.78 is 18.7. The first-order valence-electron chi connectivity index (χ1n) is 12.7. The van der Waals surface area contributed by atoms with Crippen molar-refractivity contribution in [2.24, 2.45) is 0 Å². The lowest BCUT2D eigenvalue weighted by atomic mass is 10.2. The molecular formula is C30H25ClN4O6. The van der Waals surface area contributed by atoms with Gasteiger partial charge in [0.2, 0.25) is 0 Å². The van der Waals surface area contributed by atoms with E-state index in [-0.39, 0.29) is 24.7 Å². The van der Waals surface area contributed by atoms with E-state index in [9.17, 15) is 14.7 Å². The number of carbonyl (C=O) groups excluding carboxylic acids is 1. The lowest BCUT2D eigenvalue weighted by Crippen LogP contribution is -2.13. The number of carboxylic acid groups (broad SMARTS) is 1. The number of fused-ring (bicyclic) bond motifs is 1. The number of hydrogen-bond acceptors (Lipinski definition) is 8. The fraction of sp³-hybridized carbons (Fsp3) is 0.133. The molecule has 0 radical (unpaired) electrons. The summed E-state index contributed by atoms with van der Waals surface area (Å²) in [6.07, 6.45) is 3.37. The lowest BCUT2D eigenvalue weighted by molar-refractivity contribution is 0.0307. The maximum absolute atomic E-state index is 12.0. The number of carbonyl (C=O) groups is 2. The predicted molar refractivity (Wildman–Crippen MR) is 153 cm³/mol. The normalized spacial score (nSPS) is 10.9. The van der Waals surface area contributed by atoms with Crippen molar-refractivity contribution in [1.82, 2.24) is 14.5 Å². The van der Waals surface area contributed by atoms with E-state index in [0.717, 1.165) is 11.0 Å². The standard InChI is InChI=1S/C30H25ClN4O6/c31-24-18-22(9-10-26(24)41-23-8-4-7-21(17-23)29(36)37)34-28-27-25(32-19-33-28)11-12-35(27)13-14-39-15-16-40-30(38)20-5-2-1-3-6-20/h1-12,17-19H,13-16H2,(H,36,37)(H,32,33,34). The Morgan fingerprint density at radius 3 is 2.54 bits per heavy atom. The highest BCUT2D eigenvalue weighted by Gasteiger charge is 2.12. The maximum atomic E-state index is 12.0. The number of carboxylic acids is 1. The summed E-state index contributed by atoms with van der Waals surface area (Å²) in [5.74, 6) is -0.110. The fourth-order valence-corrected chi connectivity index (χ4v) is 4.26. The topological polar surface area (TPSA) is 125 Å². The van der Waals surface area contributed by atoms with Gasteiger partial charge >= 0.3 is 11.9 Å². The number of aromatic carboxylic acids is 1. The quantitative estimate of drug-likeness (QED) is 0.133. The van der Waals surface area contributed by atoms with E-state index < -0.39 is 5.97 Å². The average Bonchev–Trinajstić information content (AvgIpc) is 3.41. The number of anilines is 2. The molecule has 0 saturated carbocycles. The van der Waals surface area contributed by atoms with E-state index in [1.807, 2.05) is 22.9 Å². The number of ether oxygens (including phenoxy) is 3. The molecule has 0 bridgehead atoms. The van der Waals surface area contributed by atoms with Crippen LogP contribution in [0.2, 0.25) is 5.02 Å². The SMILES string of the molecule is O=C(O)c1cccc(Oc2ccc(Nc3ncnc4ccn(CCOCCOC(=O)c5ccccc5)c34)cc2Cl)c1. The molecule has 208 valence electrons. The molecule has 0 aliphatic heterocycles. The van der Waals surface area contributed by atoms with Crippen molar-refractivity contribution in [2.45, 2.75) is 6.54 Å². The van der Waals surface area contributed by atoms with E-state index >= 15 is 0 Å². The zero-order chi connectivity index (χ0) is 28.6. The third-order valence-corrected chi connectivity index (χ3v) is 6.30. The second-order valence-electron chi connectivity index (χ2n) is 8.78. The van der Waals surface area contributed by atoms with E-state index in [2.05, 4.69) is 15.3 Å². The molecule has 11 heteroatoms. The third kappa shape index (κ3) is 6.99. The van der Waals surface area contributed by atoms with Crippen molar-refractivity contribution in [3.8, 4) is 11.5 Å². The van der Waals surface area contributed by atoms with Crippen LogP contribution in [0.3, 0.4) is 0 Å². The van der Waals surface area contributed by atoms with Gasteiger partial charge in [-0.25, -0.2) is 19.6 Å². The summed E-state index contributed by atoms with van der Waals surface area (Å²) in [4.78, 5) is 32.0. The van der Waals surface area contributed by atoms with Crippen molar-refractivity contribution in [3.05, 3.63) is 108 Å². The molecule has 2 heterocycles. The average molecular weight is 573 g/mol. The highest BCUT2D eigenvalue weighted by atomic mass is 35.5. The number of rotatable bonds is 12. The van der Waals surface area contributed by atoms with Gasteiger partial charge in [-0.05, 0) is 54.6 Å². The molecule has 2 N–H and O–H groups in total. The van der Waals surface area contributed by atoms with Gasteiger partial charge in [-0.3, -0.25) is 0 Å². The first kappa shape index (κ1) is 27.6. The summed E-state index contributed by atoms with van der Waals surface area (Å²) in [6, 6.07) is 22.0. The lowest BCUT2D eigenvalue weighted by Gasteiger charge is -2.13. The fourth-order valence-electron chi connectivity index (χ4n) is 4.04. The second kappa shape index (κ2) is 12.9. The zero-order valence-corrected chi connectivity index (χ0v) is 22.5. The number of aromatic nitrogens is 3. The largest absolute Gasteiger partial charge is 0.478 e. The highest BCUT2D eigenvalue weighted by Crippen LogP contribution is 2.33. The molecule has 10 nitrogen and oxygen atoms in total. The molecule has 41 heavy (non-hydrogen) atoms. The number of halogens is 1. The Kier molecular flexibility index (Phi) is 8.73. The first-order chi connectivity index (χ1) is 20.0. The second-order valence-corrected chi connectivity index (χ2v) is 9.19. The van der Waals surface area contributed by atoms with Crippen LogP contribution >= 0.6 is 11.6 Å². The summed E-state index contributed by atoms with van der Waals surface area (Å²) in [6.45, 7) is 1.34. The van der Waals surface area contributed by atoms with Gasteiger partial charge in [0, 0.05) is 18.4 Å². The molecule has 5 aromatic rings. The Balaban J connectivity index is 1.19. The predicted octanol–water partition coefficient (Wildman–Crippen LogP) is 6.19. The van der Waals surface area contributed by atoms with Gasteiger partial charge in [-0.15, -0.1) is 0 Å². The van der Waals surface area contributed by atoms with Crippen LogP contribution in [0.4, 0.5) is 11.5 Å².